The van der Waals surface area contributed by atoms with Crippen LogP contribution in [0.3, 0.4) is 0 Å². The second-order valence-electron chi connectivity index (χ2n) is 3.74. The molecule has 0 aliphatic rings. The lowest BCUT2D eigenvalue weighted by Gasteiger charge is -2.10. The highest BCUT2D eigenvalue weighted by Gasteiger charge is 2.28. The maximum Gasteiger partial charge on any atom is 0.422 e. The summed E-state index contributed by atoms with van der Waals surface area (Å²) < 4.78 is 42.1. The van der Waals surface area contributed by atoms with E-state index in [1.54, 1.807) is 12.1 Å². The molecule has 8 heteroatoms. The molecule has 0 atom stereocenters. The van der Waals surface area contributed by atoms with Crippen LogP contribution in [0.15, 0.2) is 30.5 Å². The molecule has 0 radical (unpaired) electrons. The fraction of sp³-hybridized carbons (Fsp3) is 0.273. The van der Waals surface area contributed by atoms with Crippen LogP contribution in [0.4, 0.5) is 13.2 Å². The summed E-state index contributed by atoms with van der Waals surface area (Å²) in [6.45, 7) is -1.05. The van der Waals surface area contributed by atoms with Gasteiger partial charge in [0.05, 0.1) is 17.6 Å². The van der Waals surface area contributed by atoms with Crippen LogP contribution >= 0.6 is 0 Å². The normalized spacial score (nSPS) is 11.6. The van der Waals surface area contributed by atoms with Gasteiger partial charge in [-0.25, -0.2) is 4.68 Å². The van der Waals surface area contributed by atoms with Crippen LogP contribution < -0.4 is 10.5 Å². The molecule has 2 rings (SSSR count). The molecule has 5 nitrogen and oxygen atoms in total. The first kappa shape index (κ1) is 13.3. The van der Waals surface area contributed by atoms with Crippen molar-refractivity contribution in [2.45, 2.75) is 12.7 Å². The lowest BCUT2D eigenvalue weighted by Crippen LogP contribution is -2.19. The van der Waals surface area contributed by atoms with E-state index in [1.807, 2.05) is 0 Å². The number of nitrogens with zero attached hydrogens (tertiary/aromatic N) is 3. The van der Waals surface area contributed by atoms with Gasteiger partial charge in [-0.3, -0.25) is 0 Å². The molecule has 0 saturated heterocycles. The highest BCUT2D eigenvalue weighted by molar-refractivity contribution is 5.37. The maximum absolute atomic E-state index is 12.0. The van der Waals surface area contributed by atoms with Crippen LogP contribution in [-0.4, -0.2) is 27.8 Å². The van der Waals surface area contributed by atoms with Crippen LogP contribution in [0.5, 0.6) is 5.75 Å². The number of hydrogen-bond acceptors (Lipinski definition) is 4. The van der Waals surface area contributed by atoms with Crippen molar-refractivity contribution in [2.24, 2.45) is 5.73 Å². The molecule has 102 valence electrons. The summed E-state index contributed by atoms with van der Waals surface area (Å²) in [5, 5.41) is 7.55. The maximum atomic E-state index is 12.0. The van der Waals surface area contributed by atoms with Crippen molar-refractivity contribution in [1.82, 2.24) is 15.0 Å². The first-order valence-electron chi connectivity index (χ1n) is 5.39. The molecule has 2 N–H and O–H groups in total. The quantitative estimate of drug-likeness (QED) is 0.919. The summed E-state index contributed by atoms with van der Waals surface area (Å²) in [6, 6.07) is 6.03. The number of rotatable bonds is 4. The molecule has 1 aromatic carbocycles. The molecule has 0 unspecified atom stereocenters. The van der Waals surface area contributed by atoms with E-state index in [4.69, 9.17) is 5.73 Å². The van der Waals surface area contributed by atoms with Gasteiger partial charge in [-0.2, -0.15) is 13.2 Å². The lowest BCUT2D eigenvalue weighted by atomic mass is 10.3. The Labute approximate surface area is 106 Å². The van der Waals surface area contributed by atoms with E-state index in [0.29, 0.717) is 11.4 Å². The summed E-state index contributed by atoms with van der Waals surface area (Å²) in [5.74, 6) is 0.135. The summed E-state index contributed by atoms with van der Waals surface area (Å²) in [6.07, 6.45) is -2.83. The molecule has 0 saturated carbocycles. The average Bonchev–Trinajstić information content (AvgIpc) is 2.84. The first-order chi connectivity index (χ1) is 8.99. The minimum Gasteiger partial charge on any atom is -0.484 e. The van der Waals surface area contributed by atoms with E-state index in [2.05, 4.69) is 15.0 Å². The standard InChI is InChI=1S/C11H11F3N4O/c12-11(13,14)7-19-10-3-1-8(2-4-10)18-9(5-15)6-16-17-18/h1-4,6H,5,7,15H2. The number of benzene rings is 1. The van der Waals surface area contributed by atoms with Gasteiger partial charge in [-0.15, -0.1) is 5.10 Å². The zero-order valence-corrected chi connectivity index (χ0v) is 9.76. The van der Waals surface area contributed by atoms with Gasteiger partial charge in [0, 0.05) is 6.54 Å². The van der Waals surface area contributed by atoms with Gasteiger partial charge in [0.2, 0.25) is 0 Å². The largest absolute Gasteiger partial charge is 0.484 e. The molecule has 2 aromatic rings. The average molecular weight is 272 g/mol. The second kappa shape index (κ2) is 5.27. The van der Waals surface area contributed by atoms with Gasteiger partial charge in [0.15, 0.2) is 6.61 Å². The third-order valence-corrected chi connectivity index (χ3v) is 2.31. The Kier molecular flexibility index (Phi) is 3.70. The number of hydrogen-bond donors (Lipinski definition) is 1. The van der Waals surface area contributed by atoms with E-state index in [1.165, 1.54) is 23.0 Å². The van der Waals surface area contributed by atoms with Crippen molar-refractivity contribution < 1.29 is 17.9 Å². The number of aromatic nitrogens is 3. The van der Waals surface area contributed by atoms with Crippen molar-refractivity contribution in [3.8, 4) is 11.4 Å². The molecule has 19 heavy (non-hydrogen) atoms. The SMILES string of the molecule is NCc1cnnn1-c1ccc(OCC(F)(F)F)cc1. The molecule has 0 fully saturated rings. The van der Waals surface area contributed by atoms with Crippen molar-refractivity contribution in [3.63, 3.8) is 0 Å². The number of halogens is 3. The van der Waals surface area contributed by atoms with Crippen molar-refractivity contribution in [1.29, 1.82) is 0 Å². The van der Waals surface area contributed by atoms with Crippen LogP contribution in [-0.2, 0) is 6.54 Å². The first-order valence-corrected chi connectivity index (χ1v) is 5.39. The van der Waals surface area contributed by atoms with E-state index >= 15 is 0 Å². The number of alkyl halides is 3. The Morgan fingerprint density at radius 1 is 1.21 bits per heavy atom. The molecule has 1 heterocycles. The predicted molar refractivity (Wildman–Crippen MR) is 60.8 cm³/mol. The summed E-state index contributed by atoms with van der Waals surface area (Å²) in [5.41, 5.74) is 6.86. The summed E-state index contributed by atoms with van der Waals surface area (Å²) in [7, 11) is 0. The highest BCUT2D eigenvalue weighted by atomic mass is 19.4. The lowest BCUT2D eigenvalue weighted by molar-refractivity contribution is -0.153. The molecule has 0 spiro atoms. The molecule has 0 amide bonds. The highest BCUT2D eigenvalue weighted by Crippen LogP contribution is 2.20. The summed E-state index contributed by atoms with van der Waals surface area (Å²) in [4.78, 5) is 0. The topological polar surface area (TPSA) is 66.0 Å². The van der Waals surface area contributed by atoms with E-state index in [9.17, 15) is 13.2 Å². The fourth-order valence-electron chi connectivity index (χ4n) is 1.46. The predicted octanol–water partition coefficient (Wildman–Crippen LogP) is 1.67. The third kappa shape index (κ3) is 3.44. The van der Waals surface area contributed by atoms with E-state index in [-0.39, 0.29) is 12.3 Å². The minimum absolute atomic E-state index is 0.135. The van der Waals surface area contributed by atoms with Gasteiger partial charge in [-0.05, 0) is 24.3 Å². The van der Waals surface area contributed by atoms with E-state index in [0.717, 1.165) is 0 Å². The van der Waals surface area contributed by atoms with Gasteiger partial charge >= 0.3 is 6.18 Å². The Bertz CT molecular complexity index is 536. The number of ether oxygens (including phenoxy) is 1. The zero-order chi connectivity index (χ0) is 13.9. The Morgan fingerprint density at radius 3 is 2.47 bits per heavy atom. The number of nitrogens with two attached hydrogens (primary N) is 1. The molecule has 0 aliphatic carbocycles. The van der Waals surface area contributed by atoms with Gasteiger partial charge in [0.1, 0.15) is 5.75 Å². The Hall–Kier alpha value is -2.09. The monoisotopic (exact) mass is 272 g/mol. The minimum atomic E-state index is -4.35. The van der Waals surface area contributed by atoms with Crippen LogP contribution in [0.1, 0.15) is 5.69 Å². The Morgan fingerprint density at radius 2 is 1.89 bits per heavy atom. The van der Waals surface area contributed by atoms with Gasteiger partial charge in [-0.1, -0.05) is 5.21 Å². The van der Waals surface area contributed by atoms with Gasteiger partial charge in [0.25, 0.3) is 0 Å². The van der Waals surface area contributed by atoms with E-state index < -0.39 is 12.8 Å². The molecule has 1 aromatic heterocycles. The van der Waals surface area contributed by atoms with Crippen molar-refractivity contribution in [2.75, 3.05) is 6.61 Å². The van der Waals surface area contributed by atoms with Crippen molar-refractivity contribution in [3.05, 3.63) is 36.2 Å². The molecule has 0 bridgehead atoms. The molecular weight excluding hydrogens is 261 g/mol. The summed E-state index contributed by atoms with van der Waals surface area (Å²) >= 11 is 0. The zero-order valence-electron chi connectivity index (χ0n) is 9.76. The fourth-order valence-corrected chi connectivity index (χ4v) is 1.46. The van der Waals surface area contributed by atoms with Crippen LogP contribution in [0.25, 0.3) is 5.69 Å². The smallest absolute Gasteiger partial charge is 0.422 e. The third-order valence-electron chi connectivity index (χ3n) is 2.31. The van der Waals surface area contributed by atoms with Crippen LogP contribution in [0.2, 0.25) is 0 Å². The molecular formula is C11H11F3N4O. The van der Waals surface area contributed by atoms with Crippen LogP contribution in [0, 0.1) is 0 Å². The molecule has 0 aliphatic heterocycles. The van der Waals surface area contributed by atoms with Crippen molar-refractivity contribution >= 4 is 0 Å². The van der Waals surface area contributed by atoms with Gasteiger partial charge < -0.3 is 10.5 Å². The Balaban J connectivity index is 2.10. The second-order valence-corrected chi connectivity index (χ2v) is 3.74.